The highest BCUT2D eigenvalue weighted by Gasteiger charge is 2.26. The summed E-state index contributed by atoms with van der Waals surface area (Å²) in [5.74, 6) is 0. The number of aromatic nitrogens is 2. The van der Waals surface area contributed by atoms with E-state index in [-0.39, 0.29) is 10.2 Å². The molecule has 2 heterocycles. The predicted octanol–water partition coefficient (Wildman–Crippen LogP) is 1.30. The van der Waals surface area contributed by atoms with Crippen LogP contribution in [0.25, 0.3) is 0 Å². The highest BCUT2D eigenvalue weighted by atomic mass is 35.5. The molecule has 16 heavy (non-hydrogen) atoms. The Bertz CT molecular complexity index is 454. The lowest BCUT2D eigenvalue weighted by Crippen LogP contribution is -2.35. The minimum absolute atomic E-state index is 0.0533. The molecule has 1 aromatic heterocycles. The Morgan fingerprint density at radius 2 is 1.69 bits per heavy atom. The Hall–Kier alpha value is -0.720. The van der Waals surface area contributed by atoms with E-state index in [4.69, 9.17) is 11.6 Å². The van der Waals surface area contributed by atoms with Gasteiger partial charge < -0.3 is 0 Å². The number of nitrogens with zero attached hydrogens (tertiary/aromatic N) is 3. The van der Waals surface area contributed by atoms with Crippen molar-refractivity contribution in [3.05, 3.63) is 17.7 Å². The van der Waals surface area contributed by atoms with Gasteiger partial charge in [-0.15, -0.1) is 0 Å². The van der Waals surface area contributed by atoms with Crippen molar-refractivity contribution >= 4 is 21.6 Å². The first kappa shape index (κ1) is 11.8. The minimum atomic E-state index is -3.43. The van der Waals surface area contributed by atoms with Crippen molar-refractivity contribution in [2.75, 3.05) is 13.1 Å². The molecule has 0 aliphatic carbocycles. The van der Waals surface area contributed by atoms with Crippen LogP contribution in [0.3, 0.4) is 0 Å². The van der Waals surface area contributed by atoms with Gasteiger partial charge >= 0.3 is 0 Å². The van der Waals surface area contributed by atoms with Crippen LogP contribution in [0.4, 0.5) is 0 Å². The highest BCUT2D eigenvalue weighted by molar-refractivity contribution is 7.89. The molecule has 0 radical (unpaired) electrons. The van der Waals surface area contributed by atoms with Crippen LogP contribution in [0.1, 0.15) is 19.3 Å². The molecule has 1 aromatic rings. The number of piperidine rings is 1. The molecule has 1 fully saturated rings. The number of rotatable bonds is 2. The third-order valence-electron chi connectivity index (χ3n) is 2.55. The van der Waals surface area contributed by atoms with Crippen molar-refractivity contribution in [1.29, 1.82) is 0 Å². The second-order valence-electron chi connectivity index (χ2n) is 3.65. The van der Waals surface area contributed by atoms with Crippen molar-refractivity contribution in [2.24, 2.45) is 0 Å². The molecular weight excluding hydrogens is 250 g/mol. The largest absolute Gasteiger partial charge is 0.246 e. The first-order valence-electron chi connectivity index (χ1n) is 5.08. The third kappa shape index (κ3) is 2.34. The summed E-state index contributed by atoms with van der Waals surface area (Å²) in [5.41, 5.74) is 0. The standard InChI is InChI=1S/C9H12ClN3O2S/c10-9-11-6-8(7-12-9)16(14,15)13-4-2-1-3-5-13/h6-7H,1-5H2. The lowest BCUT2D eigenvalue weighted by Gasteiger charge is -2.25. The molecule has 0 saturated carbocycles. The molecule has 1 aliphatic rings. The SMILES string of the molecule is O=S(=O)(c1cnc(Cl)nc1)N1CCCCC1. The van der Waals surface area contributed by atoms with E-state index >= 15 is 0 Å². The molecule has 7 heteroatoms. The summed E-state index contributed by atoms with van der Waals surface area (Å²) < 4.78 is 25.7. The molecule has 0 amide bonds. The van der Waals surface area contributed by atoms with Crippen molar-refractivity contribution in [2.45, 2.75) is 24.2 Å². The van der Waals surface area contributed by atoms with Crippen LogP contribution < -0.4 is 0 Å². The number of halogens is 1. The van der Waals surface area contributed by atoms with Crippen LogP contribution in [0.2, 0.25) is 5.28 Å². The fraction of sp³-hybridized carbons (Fsp3) is 0.556. The zero-order valence-electron chi connectivity index (χ0n) is 8.63. The zero-order valence-corrected chi connectivity index (χ0v) is 10.2. The van der Waals surface area contributed by atoms with E-state index < -0.39 is 10.0 Å². The van der Waals surface area contributed by atoms with Crippen LogP contribution in [-0.2, 0) is 10.0 Å². The molecule has 0 spiro atoms. The Kier molecular flexibility index (Phi) is 3.41. The molecule has 1 aliphatic heterocycles. The third-order valence-corrected chi connectivity index (χ3v) is 4.60. The lowest BCUT2D eigenvalue weighted by atomic mass is 10.2. The summed E-state index contributed by atoms with van der Waals surface area (Å²) in [6, 6.07) is 0. The van der Waals surface area contributed by atoms with Gasteiger partial charge in [-0.3, -0.25) is 0 Å². The van der Waals surface area contributed by atoms with E-state index in [1.165, 1.54) is 16.7 Å². The maximum atomic E-state index is 12.1. The van der Waals surface area contributed by atoms with Gasteiger partial charge in [-0.25, -0.2) is 18.4 Å². The second-order valence-corrected chi connectivity index (χ2v) is 5.93. The van der Waals surface area contributed by atoms with Crippen molar-refractivity contribution in [1.82, 2.24) is 14.3 Å². The monoisotopic (exact) mass is 261 g/mol. The van der Waals surface area contributed by atoms with E-state index in [0.717, 1.165) is 19.3 Å². The molecular formula is C9H12ClN3O2S. The smallest absolute Gasteiger partial charge is 0.225 e. The fourth-order valence-electron chi connectivity index (χ4n) is 1.69. The molecule has 0 aromatic carbocycles. The van der Waals surface area contributed by atoms with Crippen LogP contribution >= 0.6 is 11.6 Å². The highest BCUT2D eigenvalue weighted by Crippen LogP contribution is 2.19. The van der Waals surface area contributed by atoms with Gasteiger partial charge in [0.2, 0.25) is 15.3 Å². The average Bonchev–Trinajstić information content (AvgIpc) is 2.31. The van der Waals surface area contributed by atoms with Gasteiger partial charge in [-0.2, -0.15) is 4.31 Å². The molecule has 0 unspecified atom stereocenters. The molecule has 0 bridgehead atoms. The summed E-state index contributed by atoms with van der Waals surface area (Å²) >= 11 is 5.52. The fourth-order valence-corrected chi connectivity index (χ4v) is 3.19. The van der Waals surface area contributed by atoms with Crippen LogP contribution in [-0.4, -0.2) is 35.8 Å². The number of sulfonamides is 1. The van der Waals surface area contributed by atoms with Gasteiger partial charge in [-0.1, -0.05) is 6.42 Å². The molecule has 5 nitrogen and oxygen atoms in total. The van der Waals surface area contributed by atoms with Crippen LogP contribution in [0.5, 0.6) is 0 Å². The van der Waals surface area contributed by atoms with Crippen LogP contribution in [0, 0.1) is 0 Å². The van der Waals surface area contributed by atoms with Crippen molar-refractivity contribution < 1.29 is 8.42 Å². The van der Waals surface area contributed by atoms with Gasteiger partial charge in [-0.05, 0) is 24.4 Å². The molecule has 88 valence electrons. The van der Waals surface area contributed by atoms with E-state index in [9.17, 15) is 8.42 Å². The second kappa shape index (κ2) is 4.65. The van der Waals surface area contributed by atoms with E-state index in [1.54, 1.807) is 0 Å². The van der Waals surface area contributed by atoms with Gasteiger partial charge in [0.15, 0.2) is 0 Å². The van der Waals surface area contributed by atoms with E-state index in [1.807, 2.05) is 0 Å². The number of hydrogen-bond donors (Lipinski definition) is 0. The summed E-state index contributed by atoms with van der Waals surface area (Å²) in [6.07, 6.45) is 5.41. The normalized spacial score (nSPS) is 18.6. The maximum absolute atomic E-state index is 12.1. The molecule has 0 N–H and O–H groups in total. The van der Waals surface area contributed by atoms with E-state index in [0.29, 0.717) is 13.1 Å². The minimum Gasteiger partial charge on any atom is -0.225 e. The zero-order chi connectivity index (χ0) is 11.6. The first-order valence-corrected chi connectivity index (χ1v) is 6.90. The molecule has 2 rings (SSSR count). The Morgan fingerprint density at radius 3 is 2.25 bits per heavy atom. The Labute approximate surface area is 99.5 Å². The topological polar surface area (TPSA) is 63.2 Å². The summed E-state index contributed by atoms with van der Waals surface area (Å²) in [4.78, 5) is 7.49. The van der Waals surface area contributed by atoms with Gasteiger partial charge in [0.1, 0.15) is 4.90 Å². The summed E-state index contributed by atoms with van der Waals surface area (Å²) in [7, 11) is -3.43. The molecule has 0 atom stereocenters. The number of hydrogen-bond acceptors (Lipinski definition) is 4. The van der Waals surface area contributed by atoms with E-state index in [2.05, 4.69) is 9.97 Å². The van der Waals surface area contributed by atoms with Gasteiger partial charge in [0.25, 0.3) is 0 Å². The van der Waals surface area contributed by atoms with Crippen molar-refractivity contribution in [3.8, 4) is 0 Å². The summed E-state index contributed by atoms with van der Waals surface area (Å²) in [5, 5.41) is 0.0533. The average molecular weight is 262 g/mol. The Morgan fingerprint density at radius 1 is 1.12 bits per heavy atom. The van der Waals surface area contributed by atoms with Crippen molar-refractivity contribution in [3.63, 3.8) is 0 Å². The maximum Gasteiger partial charge on any atom is 0.246 e. The predicted molar refractivity (Wildman–Crippen MR) is 59.7 cm³/mol. The lowest BCUT2D eigenvalue weighted by molar-refractivity contribution is 0.346. The first-order chi connectivity index (χ1) is 7.60. The summed E-state index contributed by atoms with van der Waals surface area (Å²) in [6.45, 7) is 1.15. The van der Waals surface area contributed by atoms with Gasteiger partial charge in [0, 0.05) is 13.1 Å². The van der Waals surface area contributed by atoms with Crippen LogP contribution in [0.15, 0.2) is 17.3 Å². The quantitative estimate of drug-likeness (QED) is 0.753. The molecule has 1 saturated heterocycles. The van der Waals surface area contributed by atoms with Gasteiger partial charge in [0.05, 0.1) is 12.4 Å². The Balaban J connectivity index is 2.27.